The number of rotatable bonds is 4. The fourth-order valence-electron chi connectivity index (χ4n) is 4.65. The molecule has 5 heteroatoms. The molecular weight excluding hydrogens is 342 g/mol. The summed E-state index contributed by atoms with van der Waals surface area (Å²) in [5.74, 6) is -0.546. The molecule has 0 radical (unpaired) electrons. The van der Waals surface area contributed by atoms with Gasteiger partial charge in [0.05, 0.1) is 0 Å². The van der Waals surface area contributed by atoms with E-state index in [1.165, 1.54) is 27.2 Å². The van der Waals surface area contributed by atoms with Crippen molar-refractivity contribution in [1.29, 1.82) is 0 Å². The summed E-state index contributed by atoms with van der Waals surface area (Å²) in [5.41, 5.74) is 3.99. The van der Waals surface area contributed by atoms with Gasteiger partial charge >= 0.3 is 12.1 Å². The van der Waals surface area contributed by atoms with E-state index in [1.54, 1.807) is 0 Å². The molecule has 1 amide bonds. The molecule has 2 aromatic carbocycles. The van der Waals surface area contributed by atoms with E-state index in [4.69, 9.17) is 4.74 Å². The summed E-state index contributed by atoms with van der Waals surface area (Å²) < 4.78 is 5.61. The van der Waals surface area contributed by atoms with E-state index in [0.29, 0.717) is 0 Å². The van der Waals surface area contributed by atoms with Crippen molar-refractivity contribution < 1.29 is 19.4 Å². The number of carbonyl (C=O) groups is 2. The van der Waals surface area contributed by atoms with Crippen LogP contribution in [0.2, 0.25) is 0 Å². The molecule has 5 rings (SSSR count). The second-order valence-corrected chi connectivity index (χ2v) is 7.90. The van der Waals surface area contributed by atoms with Gasteiger partial charge < -0.3 is 14.7 Å². The van der Waals surface area contributed by atoms with Crippen LogP contribution in [-0.4, -0.2) is 41.8 Å². The molecule has 0 bridgehead atoms. The molecule has 138 valence electrons. The molecule has 0 spiro atoms. The fourth-order valence-corrected chi connectivity index (χ4v) is 4.65. The van der Waals surface area contributed by atoms with Gasteiger partial charge in [0.15, 0.2) is 0 Å². The van der Waals surface area contributed by atoms with Crippen LogP contribution in [-0.2, 0) is 9.53 Å². The lowest BCUT2D eigenvalue weighted by Gasteiger charge is -2.46. The highest BCUT2D eigenvalue weighted by Gasteiger charge is 2.60. The van der Waals surface area contributed by atoms with Crippen LogP contribution in [0.4, 0.5) is 4.79 Å². The first kappa shape index (κ1) is 16.4. The van der Waals surface area contributed by atoms with Crippen molar-refractivity contribution >= 4 is 12.1 Å². The number of carbonyl (C=O) groups excluding carboxylic acids is 1. The third-order valence-electron chi connectivity index (χ3n) is 6.33. The Kier molecular flexibility index (Phi) is 3.54. The molecule has 1 heterocycles. The minimum Gasteiger partial charge on any atom is -0.481 e. The number of nitrogens with zero attached hydrogens (tertiary/aromatic N) is 1. The van der Waals surface area contributed by atoms with Crippen molar-refractivity contribution in [2.75, 3.05) is 19.7 Å². The third kappa shape index (κ3) is 2.45. The normalized spacial score (nSPS) is 19.8. The largest absolute Gasteiger partial charge is 0.481 e. The van der Waals surface area contributed by atoms with Crippen molar-refractivity contribution in [3.05, 3.63) is 59.7 Å². The molecule has 0 unspecified atom stereocenters. The van der Waals surface area contributed by atoms with Gasteiger partial charge in [0.25, 0.3) is 0 Å². The lowest BCUT2D eigenvalue weighted by Crippen LogP contribution is -2.63. The van der Waals surface area contributed by atoms with Crippen molar-refractivity contribution in [3.63, 3.8) is 0 Å². The monoisotopic (exact) mass is 363 g/mol. The SMILES string of the molecule is O=C(OCC1c2ccccc2-c2ccccc21)N1CC(C(=O)O)(C2CC2)C1. The molecule has 2 fully saturated rings. The number of carboxylic acids is 1. The van der Waals surface area contributed by atoms with Gasteiger partial charge in [0.2, 0.25) is 0 Å². The van der Waals surface area contributed by atoms with Crippen LogP contribution in [0.15, 0.2) is 48.5 Å². The van der Waals surface area contributed by atoms with Crippen LogP contribution in [0, 0.1) is 11.3 Å². The zero-order chi connectivity index (χ0) is 18.6. The molecule has 3 aliphatic rings. The predicted octanol–water partition coefficient (Wildman–Crippen LogP) is 3.73. The van der Waals surface area contributed by atoms with Crippen LogP contribution in [0.5, 0.6) is 0 Å². The number of aliphatic carboxylic acids is 1. The van der Waals surface area contributed by atoms with Gasteiger partial charge in [-0.1, -0.05) is 48.5 Å². The van der Waals surface area contributed by atoms with Crippen LogP contribution in [0.3, 0.4) is 0 Å². The van der Waals surface area contributed by atoms with Gasteiger partial charge in [-0.05, 0) is 41.0 Å². The molecule has 1 aliphatic heterocycles. The standard InChI is InChI=1S/C22H21NO4/c24-20(25)22(14-9-10-14)12-23(13-22)21(26)27-11-19-17-7-3-1-5-15(17)16-6-2-4-8-18(16)19/h1-8,14,19H,9-13H2,(H,24,25). The Morgan fingerprint density at radius 2 is 1.56 bits per heavy atom. The molecule has 5 nitrogen and oxygen atoms in total. The lowest BCUT2D eigenvalue weighted by molar-refractivity contribution is -0.161. The highest BCUT2D eigenvalue weighted by atomic mass is 16.6. The number of hydrogen-bond acceptors (Lipinski definition) is 3. The van der Waals surface area contributed by atoms with E-state index in [2.05, 4.69) is 24.3 Å². The van der Waals surface area contributed by atoms with Gasteiger partial charge in [0, 0.05) is 19.0 Å². The highest BCUT2D eigenvalue weighted by Crippen LogP contribution is 2.51. The summed E-state index contributed by atoms with van der Waals surface area (Å²) in [6.07, 6.45) is 1.49. The molecule has 1 saturated heterocycles. The first-order valence-electron chi connectivity index (χ1n) is 9.43. The quantitative estimate of drug-likeness (QED) is 0.899. The Balaban J connectivity index is 1.28. The first-order valence-corrected chi connectivity index (χ1v) is 9.43. The number of likely N-dealkylation sites (tertiary alicyclic amines) is 1. The topological polar surface area (TPSA) is 66.8 Å². The van der Waals surface area contributed by atoms with Crippen molar-refractivity contribution in [2.24, 2.45) is 11.3 Å². The number of carboxylic acid groups (broad SMARTS) is 1. The predicted molar refractivity (Wildman–Crippen MR) is 99.4 cm³/mol. The van der Waals surface area contributed by atoms with Gasteiger partial charge in [-0.3, -0.25) is 4.79 Å². The van der Waals surface area contributed by atoms with Crippen molar-refractivity contribution in [2.45, 2.75) is 18.8 Å². The number of benzene rings is 2. The van der Waals surface area contributed by atoms with Crippen LogP contribution >= 0.6 is 0 Å². The van der Waals surface area contributed by atoms with Gasteiger partial charge in [-0.15, -0.1) is 0 Å². The van der Waals surface area contributed by atoms with E-state index in [0.717, 1.165) is 12.8 Å². The molecular formula is C22H21NO4. The zero-order valence-corrected chi connectivity index (χ0v) is 14.9. The summed E-state index contributed by atoms with van der Waals surface area (Å²) in [5, 5.41) is 9.54. The molecule has 27 heavy (non-hydrogen) atoms. The Labute approximate surface area is 157 Å². The molecule has 2 aromatic rings. The van der Waals surface area contributed by atoms with Gasteiger partial charge in [0.1, 0.15) is 12.0 Å². The average molecular weight is 363 g/mol. The maximum Gasteiger partial charge on any atom is 0.409 e. The third-order valence-corrected chi connectivity index (χ3v) is 6.33. The lowest BCUT2D eigenvalue weighted by atomic mass is 9.75. The van der Waals surface area contributed by atoms with Crippen LogP contribution in [0.1, 0.15) is 29.9 Å². The summed E-state index contributed by atoms with van der Waals surface area (Å²) in [4.78, 5) is 25.6. The zero-order valence-electron chi connectivity index (χ0n) is 14.9. The van der Waals surface area contributed by atoms with Gasteiger partial charge in [-0.25, -0.2) is 4.79 Å². The molecule has 0 aromatic heterocycles. The number of ether oxygens (including phenoxy) is 1. The second-order valence-electron chi connectivity index (χ2n) is 7.90. The maximum atomic E-state index is 12.5. The van der Waals surface area contributed by atoms with Crippen molar-refractivity contribution in [1.82, 2.24) is 4.90 Å². The molecule has 0 atom stereocenters. The van der Waals surface area contributed by atoms with E-state index in [-0.39, 0.29) is 31.5 Å². The summed E-state index contributed by atoms with van der Waals surface area (Å²) >= 11 is 0. The second kappa shape index (κ2) is 5.84. The average Bonchev–Trinajstić information content (AvgIpc) is 3.42. The summed E-state index contributed by atoms with van der Waals surface area (Å²) in [7, 11) is 0. The van der Waals surface area contributed by atoms with E-state index in [9.17, 15) is 14.7 Å². The maximum absolute atomic E-state index is 12.5. The van der Waals surface area contributed by atoms with E-state index >= 15 is 0 Å². The van der Waals surface area contributed by atoms with E-state index in [1.807, 2.05) is 24.3 Å². The first-order chi connectivity index (χ1) is 13.1. The van der Waals surface area contributed by atoms with Crippen LogP contribution < -0.4 is 0 Å². The summed E-state index contributed by atoms with van der Waals surface area (Å²) in [6.45, 7) is 0.806. The van der Waals surface area contributed by atoms with E-state index < -0.39 is 17.5 Å². The fraction of sp³-hybridized carbons (Fsp3) is 0.364. The molecule has 1 N–H and O–H groups in total. The minimum atomic E-state index is -0.785. The molecule has 2 aliphatic carbocycles. The summed E-state index contributed by atoms with van der Waals surface area (Å²) in [6, 6.07) is 16.4. The Bertz CT molecular complexity index is 882. The smallest absolute Gasteiger partial charge is 0.409 e. The number of hydrogen-bond donors (Lipinski definition) is 1. The van der Waals surface area contributed by atoms with Crippen molar-refractivity contribution in [3.8, 4) is 11.1 Å². The number of fused-ring (bicyclic) bond motifs is 3. The Morgan fingerprint density at radius 1 is 1.00 bits per heavy atom. The number of amides is 1. The Hall–Kier alpha value is -2.82. The van der Waals surface area contributed by atoms with Gasteiger partial charge in [-0.2, -0.15) is 0 Å². The Morgan fingerprint density at radius 3 is 2.07 bits per heavy atom. The highest BCUT2D eigenvalue weighted by molar-refractivity contribution is 5.82. The minimum absolute atomic E-state index is 0.0234. The van der Waals surface area contributed by atoms with Crippen LogP contribution in [0.25, 0.3) is 11.1 Å². The molecule has 1 saturated carbocycles.